The van der Waals surface area contributed by atoms with Crippen molar-refractivity contribution in [2.24, 2.45) is 0 Å². The zero-order valence-corrected chi connectivity index (χ0v) is 15.5. The van der Waals surface area contributed by atoms with E-state index in [2.05, 4.69) is 5.32 Å². The molecule has 1 aliphatic carbocycles. The number of imide groups is 1. The van der Waals surface area contributed by atoms with Crippen LogP contribution in [-0.4, -0.2) is 34.9 Å². The molecule has 2 aliphatic rings. The third-order valence-electron chi connectivity index (χ3n) is 5.40. The average Bonchev–Trinajstić information content (AvgIpc) is 2.98. The minimum atomic E-state index is -0.530. The van der Waals surface area contributed by atoms with E-state index in [0.29, 0.717) is 24.0 Å². The van der Waals surface area contributed by atoms with E-state index in [4.69, 9.17) is 4.74 Å². The summed E-state index contributed by atoms with van der Waals surface area (Å²) in [5.41, 5.74) is 1.77. The number of rotatable bonds is 4. The summed E-state index contributed by atoms with van der Waals surface area (Å²) >= 11 is 0. The van der Waals surface area contributed by atoms with Crippen LogP contribution in [0.5, 0.6) is 0 Å². The van der Waals surface area contributed by atoms with Gasteiger partial charge in [0, 0.05) is 0 Å². The Hall–Kier alpha value is -3.15. The molecule has 1 aliphatic heterocycles. The summed E-state index contributed by atoms with van der Waals surface area (Å²) in [5.74, 6) is -0.561. The Morgan fingerprint density at radius 2 is 1.54 bits per heavy atom. The number of benzene rings is 2. The second-order valence-electron chi connectivity index (χ2n) is 7.19. The molecule has 0 saturated heterocycles. The predicted molar refractivity (Wildman–Crippen MR) is 103 cm³/mol. The number of nitrogens with one attached hydrogen (secondary N) is 1. The Balaban J connectivity index is 1.44. The van der Waals surface area contributed by atoms with Gasteiger partial charge in [-0.1, -0.05) is 55.3 Å². The number of alkyl carbamates (subject to hydrolysis) is 1. The number of ether oxygens (including phenoxy) is 1. The number of fused-ring (bicyclic) bond motifs is 1. The average molecular weight is 378 g/mol. The molecule has 0 aromatic heterocycles. The SMILES string of the molecule is O=C(N[C@H]1CCCC[C@H]1N1C(=O)c2ccccc2C1=O)OCc1ccccc1. The first-order valence-electron chi connectivity index (χ1n) is 9.59. The van der Waals surface area contributed by atoms with Crippen LogP contribution in [0.15, 0.2) is 54.6 Å². The highest BCUT2D eigenvalue weighted by Gasteiger charge is 2.43. The molecule has 1 saturated carbocycles. The molecule has 0 spiro atoms. The quantitative estimate of drug-likeness (QED) is 0.826. The van der Waals surface area contributed by atoms with Gasteiger partial charge >= 0.3 is 6.09 Å². The van der Waals surface area contributed by atoms with E-state index in [9.17, 15) is 14.4 Å². The van der Waals surface area contributed by atoms with Crippen molar-refractivity contribution in [3.8, 4) is 0 Å². The number of amides is 3. The molecule has 6 heteroatoms. The maximum atomic E-state index is 12.8. The molecule has 1 N–H and O–H groups in total. The standard InChI is InChI=1S/C22H22N2O4/c25-20-16-10-4-5-11-17(16)21(26)24(20)19-13-7-6-12-18(19)23-22(27)28-14-15-8-2-1-3-9-15/h1-5,8-11,18-19H,6-7,12-14H2,(H,23,27)/t18-,19+/m0/s1. The van der Waals surface area contributed by atoms with Gasteiger partial charge in [-0.2, -0.15) is 0 Å². The smallest absolute Gasteiger partial charge is 0.407 e. The van der Waals surface area contributed by atoms with Crippen molar-refractivity contribution in [2.45, 2.75) is 44.4 Å². The zero-order chi connectivity index (χ0) is 19.5. The largest absolute Gasteiger partial charge is 0.445 e. The van der Waals surface area contributed by atoms with E-state index in [1.54, 1.807) is 24.3 Å². The lowest BCUT2D eigenvalue weighted by Gasteiger charge is -2.36. The van der Waals surface area contributed by atoms with Crippen LogP contribution in [0.25, 0.3) is 0 Å². The molecule has 144 valence electrons. The van der Waals surface area contributed by atoms with Crippen LogP contribution in [0, 0.1) is 0 Å². The maximum absolute atomic E-state index is 12.8. The fraction of sp³-hybridized carbons (Fsp3) is 0.318. The minimum Gasteiger partial charge on any atom is -0.445 e. The highest BCUT2D eigenvalue weighted by Crippen LogP contribution is 2.31. The van der Waals surface area contributed by atoms with E-state index in [1.807, 2.05) is 30.3 Å². The van der Waals surface area contributed by atoms with E-state index in [1.165, 1.54) is 4.90 Å². The Morgan fingerprint density at radius 1 is 0.929 bits per heavy atom. The molecule has 0 unspecified atom stereocenters. The summed E-state index contributed by atoms with van der Waals surface area (Å²) in [4.78, 5) is 39.2. The monoisotopic (exact) mass is 378 g/mol. The molecule has 2 aromatic rings. The highest BCUT2D eigenvalue weighted by atomic mass is 16.5. The normalized spacial score (nSPS) is 21.4. The van der Waals surface area contributed by atoms with Crippen molar-refractivity contribution in [3.05, 3.63) is 71.3 Å². The Morgan fingerprint density at radius 3 is 2.21 bits per heavy atom. The molecule has 2 atom stereocenters. The van der Waals surface area contributed by atoms with Crippen LogP contribution in [0.4, 0.5) is 4.79 Å². The lowest BCUT2D eigenvalue weighted by molar-refractivity contribution is 0.0493. The lowest BCUT2D eigenvalue weighted by Crippen LogP contribution is -2.55. The molecule has 6 nitrogen and oxygen atoms in total. The lowest BCUT2D eigenvalue weighted by atomic mass is 9.89. The van der Waals surface area contributed by atoms with Crippen molar-refractivity contribution in [2.75, 3.05) is 0 Å². The fourth-order valence-electron chi connectivity index (χ4n) is 4.01. The van der Waals surface area contributed by atoms with Crippen LogP contribution >= 0.6 is 0 Å². The number of carbonyl (C=O) groups is 3. The van der Waals surface area contributed by atoms with Gasteiger partial charge in [0.1, 0.15) is 6.61 Å². The van der Waals surface area contributed by atoms with Gasteiger partial charge in [-0.05, 0) is 30.5 Å². The number of hydrogen-bond donors (Lipinski definition) is 1. The van der Waals surface area contributed by atoms with Crippen LogP contribution in [0.3, 0.4) is 0 Å². The molecule has 2 aromatic carbocycles. The Labute approximate surface area is 163 Å². The third kappa shape index (κ3) is 3.50. The van der Waals surface area contributed by atoms with Gasteiger partial charge in [0.05, 0.1) is 23.2 Å². The van der Waals surface area contributed by atoms with E-state index < -0.39 is 6.09 Å². The van der Waals surface area contributed by atoms with Gasteiger partial charge in [0.2, 0.25) is 0 Å². The van der Waals surface area contributed by atoms with E-state index in [0.717, 1.165) is 18.4 Å². The van der Waals surface area contributed by atoms with Crippen molar-refractivity contribution in [1.82, 2.24) is 10.2 Å². The Bertz CT molecular complexity index is 861. The Kier molecular flexibility index (Phi) is 5.10. The van der Waals surface area contributed by atoms with Gasteiger partial charge in [0.25, 0.3) is 11.8 Å². The molecular formula is C22H22N2O4. The number of carbonyl (C=O) groups excluding carboxylic acids is 3. The zero-order valence-electron chi connectivity index (χ0n) is 15.5. The van der Waals surface area contributed by atoms with Gasteiger partial charge in [-0.25, -0.2) is 4.79 Å². The van der Waals surface area contributed by atoms with Crippen LogP contribution in [0.2, 0.25) is 0 Å². The minimum absolute atomic E-state index is 0.178. The van der Waals surface area contributed by atoms with Gasteiger partial charge < -0.3 is 10.1 Å². The second-order valence-corrected chi connectivity index (χ2v) is 7.19. The molecule has 0 bridgehead atoms. The van der Waals surface area contributed by atoms with Crippen LogP contribution < -0.4 is 5.32 Å². The highest BCUT2D eigenvalue weighted by molar-refractivity contribution is 6.21. The molecule has 0 radical (unpaired) electrons. The molecule has 28 heavy (non-hydrogen) atoms. The molecule has 1 heterocycles. The maximum Gasteiger partial charge on any atom is 0.407 e. The summed E-state index contributed by atoms with van der Waals surface area (Å²) in [6, 6.07) is 15.6. The summed E-state index contributed by atoms with van der Waals surface area (Å²) in [7, 11) is 0. The molecule has 3 amide bonds. The number of hydrogen-bond acceptors (Lipinski definition) is 4. The van der Waals surface area contributed by atoms with Gasteiger partial charge in [0.15, 0.2) is 0 Å². The third-order valence-corrected chi connectivity index (χ3v) is 5.40. The van der Waals surface area contributed by atoms with Gasteiger partial charge in [-0.3, -0.25) is 14.5 Å². The summed E-state index contributed by atoms with van der Waals surface area (Å²) in [5, 5.41) is 2.88. The van der Waals surface area contributed by atoms with Crippen LogP contribution in [-0.2, 0) is 11.3 Å². The first-order valence-corrected chi connectivity index (χ1v) is 9.59. The molecular weight excluding hydrogens is 356 g/mol. The first kappa shape index (κ1) is 18.2. The first-order chi connectivity index (χ1) is 13.6. The van der Waals surface area contributed by atoms with E-state index >= 15 is 0 Å². The number of nitrogens with zero attached hydrogens (tertiary/aromatic N) is 1. The second kappa shape index (κ2) is 7.84. The summed E-state index contributed by atoms with van der Waals surface area (Å²) in [6.07, 6.45) is 2.70. The van der Waals surface area contributed by atoms with Crippen molar-refractivity contribution in [3.63, 3.8) is 0 Å². The molecule has 4 rings (SSSR count). The summed E-state index contributed by atoms with van der Waals surface area (Å²) in [6.45, 7) is 0.178. The van der Waals surface area contributed by atoms with Crippen molar-refractivity contribution < 1.29 is 19.1 Å². The molecule has 1 fully saturated rings. The van der Waals surface area contributed by atoms with Crippen LogP contribution in [0.1, 0.15) is 52.0 Å². The van der Waals surface area contributed by atoms with E-state index in [-0.39, 0.29) is 30.5 Å². The van der Waals surface area contributed by atoms with Crippen molar-refractivity contribution >= 4 is 17.9 Å². The van der Waals surface area contributed by atoms with Crippen molar-refractivity contribution in [1.29, 1.82) is 0 Å². The summed E-state index contributed by atoms with van der Waals surface area (Å²) < 4.78 is 5.32. The van der Waals surface area contributed by atoms with Gasteiger partial charge in [-0.15, -0.1) is 0 Å². The fourth-order valence-corrected chi connectivity index (χ4v) is 4.01. The topological polar surface area (TPSA) is 75.7 Å². The predicted octanol–water partition coefficient (Wildman–Crippen LogP) is 3.52.